The second kappa shape index (κ2) is 2.80. The van der Waals surface area contributed by atoms with Crippen molar-refractivity contribution in [2.45, 2.75) is 9.90 Å². The smallest absolute Gasteiger partial charge is 0.227 e. The molecule has 0 saturated carbocycles. The number of aliphatic hydroxyl groups is 1. The van der Waals surface area contributed by atoms with Crippen LogP contribution in [0, 0.1) is 12.3 Å². The summed E-state index contributed by atoms with van der Waals surface area (Å²) in [7, 11) is 0. The molecule has 0 aliphatic carbocycles. The van der Waals surface area contributed by atoms with Crippen molar-refractivity contribution in [3.63, 3.8) is 0 Å². The van der Waals surface area contributed by atoms with Crippen LogP contribution < -0.4 is 0 Å². The lowest BCUT2D eigenvalue weighted by atomic mass is 10.4. The summed E-state index contributed by atoms with van der Waals surface area (Å²) < 4.78 is -1.76. The molecule has 0 saturated heterocycles. The zero-order valence-corrected chi connectivity index (χ0v) is 6.00. The van der Waals surface area contributed by atoms with E-state index in [1.165, 1.54) is 0 Å². The lowest BCUT2D eigenvalue weighted by molar-refractivity contribution is 0.237. The fourth-order valence-corrected chi connectivity index (χ4v) is 0.283. The van der Waals surface area contributed by atoms with Gasteiger partial charge in [-0.25, -0.2) is 0 Å². The van der Waals surface area contributed by atoms with E-state index in [1.807, 2.05) is 5.92 Å². The highest BCUT2D eigenvalue weighted by atomic mass is 35.6. The number of hydrogen-bond acceptors (Lipinski definition) is 1. The lowest BCUT2D eigenvalue weighted by Crippen LogP contribution is -2.22. The second-order valence-corrected chi connectivity index (χ2v) is 3.48. The van der Waals surface area contributed by atoms with Crippen LogP contribution in [0.3, 0.4) is 0 Å². The minimum atomic E-state index is -1.76. The molecule has 1 atom stereocenters. The fourth-order valence-electron chi connectivity index (χ4n) is 0.0945. The van der Waals surface area contributed by atoms with Gasteiger partial charge in [0, 0.05) is 0 Å². The van der Waals surface area contributed by atoms with Crippen LogP contribution in [-0.2, 0) is 0 Å². The summed E-state index contributed by atoms with van der Waals surface area (Å²) in [6, 6.07) is 0. The van der Waals surface area contributed by atoms with E-state index in [0.717, 1.165) is 0 Å². The quantitative estimate of drug-likeness (QED) is 0.433. The topological polar surface area (TPSA) is 20.2 Å². The van der Waals surface area contributed by atoms with Crippen molar-refractivity contribution in [3.8, 4) is 12.3 Å². The van der Waals surface area contributed by atoms with Gasteiger partial charge in [0.15, 0.2) is 6.10 Å². The Hall–Kier alpha value is 0.390. The minimum absolute atomic E-state index is 1.33. The molecule has 1 unspecified atom stereocenters. The molecule has 0 fully saturated rings. The van der Waals surface area contributed by atoms with Gasteiger partial charge in [0.2, 0.25) is 3.79 Å². The van der Waals surface area contributed by atoms with Crippen LogP contribution in [0.1, 0.15) is 0 Å². The van der Waals surface area contributed by atoms with Crippen molar-refractivity contribution >= 4 is 34.8 Å². The third kappa shape index (κ3) is 2.64. The maximum atomic E-state index is 8.56. The largest absolute Gasteiger partial charge is 0.376 e. The molecule has 0 rings (SSSR count). The first-order chi connectivity index (χ1) is 3.48. The Balaban J connectivity index is 3.87. The van der Waals surface area contributed by atoms with Gasteiger partial charge in [-0.3, -0.25) is 0 Å². The summed E-state index contributed by atoms with van der Waals surface area (Å²) in [4.78, 5) is 0. The van der Waals surface area contributed by atoms with Crippen LogP contribution in [-0.4, -0.2) is 15.0 Å². The first kappa shape index (κ1) is 8.39. The van der Waals surface area contributed by atoms with Crippen LogP contribution in [0.5, 0.6) is 0 Å². The van der Waals surface area contributed by atoms with Gasteiger partial charge in [0.05, 0.1) is 0 Å². The number of hydrogen-bond donors (Lipinski definition) is 1. The third-order valence-corrected chi connectivity index (χ3v) is 1.09. The van der Waals surface area contributed by atoms with Gasteiger partial charge >= 0.3 is 0 Å². The summed E-state index contributed by atoms with van der Waals surface area (Å²) in [6.45, 7) is 0. The number of aliphatic hydroxyl groups excluding tert-OH is 1. The van der Waals surface area contributed by atoms with Crippen molar-refractivity contribution in [2.75, 3.05) is 0 Å². The predicted molar refractivity (Wildman–Crippen MR) is 35.1 cm³/mol. The highest BCUT2D eigenvalue weighted by molar-refractivity contribution is 6.68. The Morgan fingerprint density at radius 3 is 1.88 bits per heavy atom. The van der Waals surface area contributed by atoms with Crippen LogP contribution in [0.25, 0.3) is 0 Å². The minimum Gasteiger partial charge on any atom is -0.376 e. The van der Waals surface area contributed by atoms with Gasteiger partial charge in [-0.05, 0) is 0 Å². The number of rotatable bonds is 0. The molecule has 0 radical (unpaired) electrons. The summed E-state index contributed by atoms with van der Waals surface area (Å²) >= 11 is 15.4. The van der Waals surface area contributed by atoms with Crippen LogP contribution in [0.15, 0.2) is 0 Å². The summed E-state index contributed by atoms with van der Waals surface area (Å²) in [6.07, 6.45) is 3.38. The average molecular weight is 173 g/mol. The zero-order valence-electron chi connectivity index (χ0n) is 3.74. The van der Waals surface area contributed by atoms with Crippen LogP contribution in [0.4, 0.5) is 0 Å². The van der Waals surface area contributed by atoms with Gasteiger partial charge < -0.3 is 5.11 Å². The first-order valence-electron chi connectivity index (χ1n) is 1.69. The average Bonchev–Trinajstić information content (AvgIpc) is 1.62. The standard InChI is InChI=1S/C4H3Cl3O/c1-2-3(8)4(5,6)7/h1,3,8H. The van der Waals surface area contributed by atoms with E-state index in [0.29, 0.717) is 0 Å². The van der Waals surface area contributed by atoms with Crippen molar-refractivity contribution < 1.29 is 5.11 Å². The fraction of sp³-hybridized carbons (Fsp3) is 0.500. The Bertz CT molecular complexity index is 109. The molecular formula is C4H3Cl3O. The van der Waals surface area contributed by atoms with E-state index in [2.05, 4.69) is 0 Å². The molecule has 0 aliphatic heterocycles. The molecule has 8 heavy (non-hydrogen) atoms. The van der Waals surface area contributed by atoms with Crippen LogP contribution in [0.2, 0.25) is 0 Å². The molecule has 0 amide bonds. The molecular weight excluding hydrogens is 170 g/mol. The van der Waals surface area contributed by atoms with E-state index in [-0.39, 0.29) is 0 Å². The first-order valence-corrected chi connectivity index (χ1v) is 2.83. The van der Waals surface area contributed by atoms with E-state index in [1.54, 1.807) is 0 Å². The Morgan fingerprint density at radius 1 is 1.50 bits per heavy atom. The summed E-state index contributed by atoms with van der Waals surface area (Å²) in [5.74, 6) is 1.86. The summed E-state index contributed by atoms with van der Waals surface area (Å²) in [5.41, 5.74) is 0. The second-order valence-electron chi connectivity index (χ2n) is 1.11. The van der Waals surface area contributed by atoms with Gasteiger partial charge in [-0.2, -0.15) is 0 Å². The molecule has 0 aromatic heterocycles. The summed E-state index contributed by atoms with van der Waals surface area (Å²) in [5, 5.41) is 8.56. The van der Waals surface area contributed by atoms with E-state index >= 15 is 0 Å². The maximum Gasteiger partial charge on any atom is 0.227 e. The van der Waals surface area contributed by atoms with E-state index < -0.39 is 9.90 Å². The highest BCUT2D eigenvalue weighted by Gasteiger charge is 2.28. The lowest BCUT2D eigenvalue weighted by Gasteiger charge is -2.11. The molecule has 0 heterocycles. The molecule has 0 bridgehead atoms. The van der Waals surface area contributed by atoms with Crippen molar-refractivity contribution in [2.24, 2.45) is 0 Å². The molecule has 4 heteroatoms. The number of alkyl halides is 3. The molecule has 0 aliphatic rings. The molecule has 0 aromatic carbocycles. The van der Waals surface area contributed by atoms with Crippen molar-refractivity contribution in [3.05, 3.63) is 0 Å². The van der Waals surface area contributed by atoms with Gasteiger partial charge in [-0.1, -0.05) is 40.7 Å². The zero-order chi connectivity index (χ0) is 6.78. The highest BCUT2D eigenvalue weighted by Crippen LogP contribution is 2.29. The number of terminal acetylenes is 1. The van der Waals surface area contributed by atoms with Crippen molar-refractivity contribution in [1.82, 2.24) is 0 Å². The molecule has 0 aromatic rings. The molecule has 46 valence electrons. The van der Waals surface area contributed by atoms with Gasteiger partial charge in [0.1, 0.15) is 0 Å². The Kier molecular flexibility index (Phi) is 2.93. The van der Waals surface area contributed by atoms with Crippen LogP contribution >= 0.6 is 34.8 Å². The van der Waals surface area contributed by atoms with E-state index in [9.17, 15) is 0 Å². The Morgan fingerprint density at radius 2 is 1.88 bits per heavy atom. The van der Waals surface area contributed by atoms with E-state index in [4.69, 9.17) is 46.3 Å². The molecule has 1 N–H and O–H groups in total. The van der Waals surface area contributed by atoms with Crippen molar-refractivity contribution in [1.29, 1.82) is 0 Å². The molecule has 0 spiro atoms. The normalized spacial score (nSPS) is 14.9. The predicted octanol–water partition coefficient (Wildman–Crippen LogP) is 1.35. The third-order valence-electron chi connectivity index (χ3n) is 0.468. The van der Waals surface area contributed by atoms with Gasteiger partial charge in [0.25, 0.3) is 0 Å². The Labute approximate surface area is 62.5 Å². The monoisotopic (exact) mass is 172 g/mol. The van der Waals surface area contributed by atoms with Gasteiger partial charge in [-0.15, -0.1) is 6.42 Å². The number of halogens is 3. The molecule has 1 nitrogen and oxygen atoms in total. The SMILES string of the molecule is C#CC(O)C(Cl)(Cl)Cl. The maximum absolute atomic E-state index is 8.56.